The molecule has 12 heteroatoms. The summed E-state index contributed by atoms with van der Waals surface area (Å²) in [7, 11) is 0. The second-order valence-electron chi connectivity index (χ2n) is 10.6. The van der Waals surface area contributed by atoms with Gasteiger partial charge in [0.1, 0.15) is 5.69 Å². The van der Waals surface area contributed by atoms with Crippen molar-refractivity contribution in [3.63, 3.8) is 0 Å². The molecular formula is C31H20ClN5O6. The number of non-ortho nitro benzene ring substituents is 1. The van der Waals surface area contributed by atoms with Crippen molar-refractivity contribution in [2.75, 3.05) is 10.3 Å². The van der Waals surface area contributed by atoms with Crippen molar-refractivity contribution in [2.45, 2.75) is 11.3 Å². The number of hydrazone groups is 1. The maximum Gasteiger partial charge on any atom is 0.301 e. The zero-order valence-corrected chi connectivity index (χ0v) is 22.8. The molecule has 1 aliphatic heterocycles. The Morgan fingerprint density at radius 2 is 1.47 bits per heavy atom. The van der Waals surface area contributed by atoms with E-state index in [1.807, 2.05) is 48.5 Å². The van der Waals surface area contributed by atoms with Crippen LogP contribution in [-0.2, 0) is 15.0 Å². The second kappa shape index (κ2) is 9.57. The summed E-state index contributed by atoms with van der Waals surface area (Å²) in [6, 6.07) is 25.1. The monoisotopic (exact) mass is 593 g/mol. The third-order valence-electron chi connectivity index (χ3n) is 8.62. The minimum Gasteiger partial charge on any atom is -0.274 e. The summed E-state index contributed by atoms with van der Waals surface area (Å²) in [4.78, 5) is 51.3. The zero-order chi connectivity index (χ0) is 30.0. The Kier molecular flexibility index (Phi) is 5.89. The van der Waals surface area contributed by atoms with Crippen molar-refractivity contribution >= 4 is 52.4 Å². The number of benzene rings is 4. The van der Waals surface area contributed by atoms with Crippen molar-refractivity contribution in [1.29, 1.82) is 0 Å². The first kappa shape index (κ1) is 26.5. The van der Waals surface area contributed by atoms with Crippen LogP contribution in [0.1, 0.15) is 28.2 Å². The van der Waals surface area contributed by atoms with Crippen molar-refractivity contribution < 1.29 is 19.4 Å². The topological polar surface area (TPSA) is 148 Å². The number of nitrogens with zero attached hydrogens (tertiary/aromatic N) is 4. The standard InChI is InChI=1S/C31H20ClN5O6/c32-22-11-5-6-12-24(22)35-29(38)27-26-18-7-1-3-9-20(18)31(28(27)30(35)39,21-10-4-2-8-19(21)26)16-33-34-23-14-13-17(36(40)41)15-25(23)37(42)43/h1-16,26-28,34H/b33-16-/t26?,27-,28+,31?/m1/s1. The van der Waals surface area contributed by atoms with E-state index in [-0.39, 0.29) is 22.5 Å². The molecule has 43 heavy (non-hydrogen) atoms. The van der Waals surface area contributed by atoms with Gasteiger partial charge in [-0.05, 0) is 40.5 Å². The maximum atomic E-state index is 14.4. The lowest BCUT2D eigenvalue weighted by molar-refractivity contribution is -0.393. The number of amides is 2. The van der Waals surface area contributed by atoms with Crippen LogP contribution in [0.15, 0.2) is 96.1 Å². The van der Waals surface area contributed by atoms with Crippen molar-refractivity contribution in [3.05, 3.63) is 139 Å². The van der Waals surface area contributed by atoms with E-state index >= 15 is 0 Å². The highest BCUT2D eigenvalue weighted by Crippen LogP contribution is 2.63. The van der Waals surface area contributed by atoms with Gasteiger partial charge in [0.25, 0.3) is 5.69 Å². The number of carbonyl (C=O) groups is 2. The molecule has 3 aliphatic carbocycles. The van der Waals surface area contributed by atoms with Crippen molar-refractivity contribution in [2.24, 2.45) is 16.9 Å². The molecule has 4 aliphatic rings. The number of para-hydroxylation sites is 1. The summed E-state index contributed by atoms with van der Waals surface area (Å²) in [5.41, 5.74) is 4.07. The Labute approximate surface area is 248 Å². The molecule has 8 rings (SSSR count). The Hall–Kier alpha value is -5.42. The Morgan fingerprint density at radius 1 is 0.837 bits per heavy atom. The molecule has 0 saturated carbocycles. The molecule has 1 heterocycles. The van der Waals surface area contributed by atoms with Crippen LogP contribution in [0.5, 0.6) is 0 Å². The number of anilines is 2. The van der Waals surface area contributed by atoms with Crippen LogP contribution in [-0.4, -0.2) is 27.9 Å². The number of carbonyl (C=O) groups excluding carboxylic acids is 2. The van der Waals surface area contributed by atoms with Crippen LogP contribution >= 0.6 is 11.6 Å². The maximum absolute atomic E-state index is 14.4. The van der Waals surface area contributed by atoms with Gasteiger partial charge in [0.05, 0.1) is 43.9 Å². The lowest BCUT2D eigenvalue weighted by atomic mass is 9.47. The van der Waals surface area contributed by atoms with Crippen LogP contribution in [0.2, 0.25) is 5.02 Å². The molecule has 0 radical (unpaired) electrons. The average molecular weight is 594 g/mol. The van der Waals surface area contributed by atoms with Gasteiger partial charge in [-0.25, -0.2) is 4.90 Å². The quantitative estimate of drug-likeness (QED) is 0.128. The van der Waals surface area contributed by atoms with E-state index in [4.69, 9.17) is 11.6 Å². The van der Waals surface area contributed by atoms with Crippen molar-refractivity contribution in [1.82, 2.24) is 0 Å². The third kappa shape index (κ3) is 3.64. The molecule has 0 spiro atoms. The molecule has 1 N–H and O–H groups in total. The largest absolute Gasteiger partial charge is 0.301 e. The van der Waals surface area contributed by atoms with Gasteiger partial charge >= 0.3 is 5.69 Å². The molecule has 1 saturated heterocycles. The molecule has 2 atom stereocenters. The summed E-state index contributed by atoms with van der Waals surface area (Å²) in [5.74, 6) is -2.82. The second-order valence-corrected chi connectivity index (χ2v) is 11.0. The normalized spacial score (nSPS) is 23.2. The lowest BCUT2D eigenvalue weighted by Gasteiger charge is -2.52. The molecule has 4 aromatic rings. The lowest BCUT2D eigenvalue weighted by Crippen LogP contribution is -2.54. The highest BCUT2D eigenvalue weighted by molar-refractivity contribution is 6.36. The van der Waals surface area contributed by atoms with E-state index < -0.39 is 44.4 Å². The molecule has 4 aromatic carbocycles. The first-order valence-corrected chi connectivity index (χ1v) is 13.7. The van der Waals surface area contributed by atoms with Gasteiger partial charge in [-0.1, -0.05) is 72.3 Å². The molecule has 2 bridgehead atoms. The van der Waals surface area contributed by atoms with Crippen LogP contribution < -0.4 is 10.3 Å². The number of nitro groups is 2. The van der Waals surface area contributed by atoms with Gasteiger partial charge in [-0.15, -0.1) is 0 Å². The van der Waals surface area contributed by atoms with E-state index in [2.05, 4.69) is 10.5 Å². The zero-order valence-electron chi connectivity index (χ0n) is 22.1. The van der Waals surface area contributed by atoms with Gasteiger partial charge in [0, 0.05) is 18.2 Å². The van der Waals surface area contributed by atoms with Crippen LogP contribution in [0.4, 0.5) is 22.7 Å². The van der Waals surface area contributed by atoms with E-state index in [1.54, 1.807) is 24.3 Å². The fourth-order valence-electron chi connectivity index (χ4n) is 7.00. The molecule has 0 unspecified atom stereocenters. The first-order valence-electron chi connectivity index (χ1n) is 13.3. The predicted molar refractivity (Wildman–Crippen MR) is 158 cm³/mol. The van der Waals surface area contributed by atoms with E-state index in [0.717, 1.165) is 34.4 Å². The van der Waals surface area contributed by atoms with Crippen LogP contribution in [0, 0.1) is 32.1 Å². The molecule has 1 fully saturated rings. The summed E-state index contributed by atoms with van der Waals surface area (Å²) in [5, 5.41) is 27.6. The Morgan fingerprint density at radius 3 is 2.09 bits per heavy atom. The molecule has 0 aromatic heterocycles. The van der Waals surface area contributed by atoms with Crippen molar-refractivity contribution in [3.8, 4) is 0 Å². The number of imide groups is 1. The molecular weight excluding hydrogens is 574 g/mol. The Balaban J connectivity index is 1.42. The fraction of sp³-hybridized carbons (Fsp3) is 0.129. The van der Waals surface area contributed by atoms with E-state index in [1.165, 1.54) is 17.2 Å². The molecule has 212 valence electrons. The SMILES string of the molecule is O=C1[C@@H]2C3c4ccccc4C(/C=N\Nc4ccc([N+](=O)[O-])cc4[N+](=O)[O-])(c4ccccc43)[C@@H]2C(=O)N1c1ccccc1Cl. The summed E-state index contributed by atoms with van der Waals surface area (Å²) in [6.07, 6.45) is 1.53. The highest BCUT2D eigenvalue weighted by Gasteiger charge is 2.68. The number of halogens is 1. The Bertz CT molecular complexity index is 1880. The summed E-state index contributed by atoms with van der Waals surface area (Å²) >= 11 is 6.48. The van der Waals surface area contributed by atoms with E-state index in [9.17, 15) is 29.8 Å². The molecule has 2 amide bonds. The van der Waals surface area contributed by atoms with E-state index in [0.29, 0.717) is 5.69 Å². The smallest absolute Gasteiger partial charge is 0.274 e. The summed E-state index contributed by atoms with van der Waals surface area (Å²) < 4.78 is 0. The number of nitro benzene ring substituents is 2. The van der Waals surface area contributed by atoms with Gasteiger partial charge in [0.2, 0.25) is 11.8 Å². The third-order valence-corrected chi connectivity index (χ3v) is 8.94. The van der Waals surface area contributed by atoms with Gasteiger partial charge < -0.3 is 0 Å². The van der Waals surface area contributed by atoms with Crippen LogP contribution in [0.25, 0.3) is 0 Å². The number of hydrogen-bond acceptors (Lipinski definition) is 8. The summed E-state index contributed by atoms with van der Waals surface area (Å²) in [6.45, 7) is 0. The number of rotatable bonds is 6. The van der Waals surface area contributed by atoms with Gasteiger partial charge in [-0.2, -0.15) is 5.10 Å². The minimum absolute atomic E-state index is 0.0719. The average Bonchev–Trinajstić information content (AvgIpc) is 3.28. The van der Waals surface area contributed by atoms with Crippen LogP contribution in [0.3, 0.4) is 0 Å². The number of hydrogen-bond donors (Lipinski definition) is 1. The first-order chi connectivity index (χ1) is 20.8. The molecule has 11 nitrogen and oxygen atoms in total. The fourth-order valence-corrected chi connectivity index (χ4v) is 7.22. The minimum atomic E-state index is -1.22. The predicted octanol–water partition coefficient (Wildman–Crippen LogP) is 5.81. The highest BCUT2D eigenvalue weighted by atomic mass is 35.5. The van der Waals surface area contributed by atoms with Gasteiger partial charge in [-0.3, -0.25) is 35.2 Å². The number of nitrogens with one attached hydrogen (secondary N) is 1. The van der Waals surface area contributed by atoms with Gasteiger partial charge in [0.15, 0.2) is 0 Å².